The standard InChI is InChI=1S/C32H38ClN3O7S/c1-22(32(38)34-25-12-8-9-13-25)35(20-23-10-6-5-7-11-23)31(37)21-36(27-18-24(33)14-16-28(27)41-2)44(39,40)26-15-17-29(42-3)30(19-26)43-4/h5-7,10-11,14-19,22,25H,8-9,12-13,20-21H2,1-4H3,(H,34,38)/t22-/m1/s1. The van der Waals surface area contributed by atoms with Crippen molar-refractivity contribution >= 4 is 39.1 Å². The zero-order chi connectivity index (χ0) is 31.9. The van der Waals surface area contributed by atoms with E-state index < -0.39 is 28.5 Å². The zero-order valence-corrected chi connectivity index (χ0v) is 26.9. The fourth-order valence-electron chi connectivity index (χ4n) is 5.23. The molecule has 10 nitrogen and oxygen atoms in total. The number of methoxy groups -OCH3 is 3. The second kappa shape index (κ2) is 14.7. The predicted molar refractivity (Wildman–Crippen MR) is 169 cm³/mol. The second-order valence-corrected chi connectivity index (χ2v) is 12.8. The Morgan fingerprint density at radius 3 is 2.18 bits per heavy atom. The van der Waals surface area contributed by atoms with Crippen LogP contribution in [0.15, 0.2) is 71.6 Å². The van der Waals surface area contributed by atoms with Gasteiger partial charge in [0.2, 0.25) is 11.8 Å². The molecule has 12 heteroatoms. The van der Waals surface area contributed by atoms with Gasteiger partial charge in [-0.15, -0.1) is 0 Å². The summed E-state index contributed by atoms with van der Waals surface area (Å²) in [5.74, 6) is -0.163. The van der Waals surface area contributed by atoms with Gasteiger partial charge >= 0.3 is 0 Å². The lowest BCUT2D eigenvalue weighted by atomic mass is 10.1. The number of benzene rings is 3. The summed E-state index contributed by atoms with van der Waals surface area (Å²) in [7, 11) is -0.179. The number of sulfonamides is 1. The van der Waals surface area contributed by atoms with Crippen LogP contribution in [-0.2, 0) is 26.2 Å². The van der Waals surface area contributed by atoms with Crippen molar-refractivity contribution < 1.29 is 32.2 Å². The molecule has 1 atom stereocenters. The van der Waals surface area contributed by atoms with Gasteiger partial charge in [-0.25, -0.2) is 8.42 Å². The fourth-order valence-corrected chi connectivity index (χ4v) is 6.83. The van der Waals surface area contributed by atoms with Gasteiger partial charge in [-0.2, -0.15) is 0 Å². The number of nitrogens with zero attached hydrogens (tertiary/aromatic N) is 2. The monoisotopic (exact) mass is 643 g/mol. The minimum Gasteiger partial charge on any atom is -0.495 e. The summed E-state index contributed by atoms with van der Waals surface area (Å²) < 4.78 is 45.7. The van der Waals surface area contributed by atoms with Crippen LogP contribution in [0.5, 0.6) is 17.2 Å². The Labute approximate surface area is 263 Å². The molecule has 1 aliphatic rings. The van der Waals surface area contributed by atoms with E-state index in [0.717, 1.165) is 35.6 Å². The topological polar surface area (TPSA) is 114 Å². The Balaban J connectivity index is 1.76. The van der Waals surface area contributed by atoms with E-state index in [0.29, 0.717) is 5.75 Å². The minimum absolute atomic E-state index is 0.0521. The summed E-state index contributed by atoms with van der Waals surface area (Å²) in [6.45, 7) is 1.11. The summed E-state index contributed by atoms with van der Waals surface area (Å²) >= 11 is 6.32. The first kappa shape index (κ1) is 32.9. The molecule has 0 aliphatic heterocycles. The number of nitrogens with one attached hydrogen (secondary N) is 1. The van der Waals surface area contributed by atoms with E-state index in [-0.39, 0.29) is 45.6 Å². The maximum atomic E-state index is 14.3. The molecule has 4 rings (SSSR count). The maximum Gasteiger partial charge on any atom is 0.265 e. The number of halogens is 1. The molecule has 0 aromatic heterocycles. The molecule has 236 valence electrons. The smallest absolute Gasteiger partial charge is 0.265 e. The first-order chi connectivity index (χ1) is 21.1. The maximum absolute atomic E-state index is 14.3. The van der Waals surface area contributed by atoms with Crippen LogP contribution in [0.25, 0.3) is 0 Å². The Kier molecular flexibility index (Phi) is 11.0. The van der Waals surface area contributed by atoms with Crippen molar-refractivity contribution in [1.82, 2.24) is 10.2 Å². The van der Waals surface area contributed by atoms with Crippen molar-refractivity contribution in [3.05, 3.63) is 77.3 Å². The molecule has 0 unspecified atom stereocenters. The minimum atomic E-state index is -4.42. The first-order valence-corrected chi connectivity index (χ1v) is 16.1. The summed E-state index contributed by atoms with van der Waals surface area (Å²) in [5, 5.41) is 3.30. The average molecular weight is 644 g/mol. The van der Waals surface area contributed by atoms with Crippen molar-refractivity contribution in [3.63, 3.8) is 0 Å². The van der Waals surface area contributed by atoms with Crippen LogP contribution in [0, 0.1) is 0 Å². The van der Waals surface area contributed by atoms with Crippen molar-refractivity contribution in [2.45, 2.75) is 56.1 Å². The molecule has 0 radical (unpaired) electrons. The third kappa shape index (κ3) is 7.57. The highest BCUT2D eigenvalue weighted by Gasteiger charge is 2.35. The summed E-state index contributed by atoms with van der Waals surface area (Å²) in [6, 6.07) is 17.1. The molecule has 0 heterocycles. The van der Waals surface area contributed by atoms with Gasteiger partial charge in [-0.1, -0.05) is 54.8 Å². The normalized spacial score (nSPS) is 14.0. The summed E-state index contributed by atoms with van der Waals surface area (Å²) in [6.07, 6.45) is 3.85. The van der Waals surface area contributed by atoms with Crippen LogP contribution >= 0.6 is 11.6 Å². The number of hydrogen-bond acceptors (Lipinski definition) is 7. The SMILES string of the molecule is COc1ccc(S(=O)(=O)N(CC(=O)N(Cc2ccccc2)[C@H](C)C(=O)NC2CCCC2)c2cc(Cl)ccc2OC)cc1OC. The van der Waals surface area contributed by atoms with Crippen molar-refractivity contribution in [2.75, 3.05) is 32.2 Å². The summed E-state index contributed by atoms with van der Waals surface area (Å²) in [5.41, 5.74) is 0.849. The lowest BCUT2D eigenvalue weighted by molar-refractivity contribution is -0.139. The van der Waals surface area contributed by atoms with E-state index in [4.69, 9.17) is 25.8 Å². The van der Waals surface area contributed by atoms with Gasteiger partial charge in [-0.05, 0) is 55.7 Å². The Bertz CT molecular complexity index is 1560. The number of hydrogen-bond donors (Lipinski definition) is 1. The molecule has 3 aromatic carbocycles. The molecule has 2 amide bonds. The van der Waals surface area contributed by atoms with E-state index in [1.54, 1.807) is 13.0 Å². The summed E-state index contributed by atoms with van der Waals surface area (Å²) in [4.78, 5) is 28.9. The van der Waals surface area contributed by atoms with E-state index in [1.807, 2.05) is 30.3 Å². The molecular weight excluding hydrogens is 606 g/mol. The van der Waals surface area contributed by atoms with Crippen molar-refractivity contribution in [2.24, 2.45) is 0 Å². The second-order valence-electron chi connectivity index (χ2n) is 10.5. The van der Waals surface area contributed by atoms with Gasteiger partial charge in [0.1, 0.15) is 18.3 Å². The predicted octanol–water partition coefficient (Wildman–Crippen LogP) is 5.04. The Morgan fingerprint density at radius 2 is 1.55 bits per heavy atom. The van der Waals surface area contributed by atoms with Gasteiger partial charge in [0.25, 0.3) is 10.0 Å². The molecule has 0 bridgehead atoms. The molecule has 1 fully saturated rings. The number of carbonyl (C=O) groups is 2. The van der Waals surface area contributed by atoms with Crippen molar-refractivity contribution in [1.29, 1.82) is 0 Å². The quantitative estimate of drug-likeness (QED) is 0.278. The van der Waals surface area contributed by atoms with Crippen LogP contribution in [0.3, 0.4) is 0 Å². The Hall–Kier alpha value is -3.96. The molecule has 1 N–H and O–H groups in total. The van der Waals surface area contributed by atoms with E-state index in [2.05, 4.69) is 5.32 Å². The molecule has 0 spiro atoms. The largest absolute Gasteiger partial charge is 0.495 e. The van der Waals surface area contributed by atoms with Gasteiger partial charge in [0, 0.05) is 23.7 Å². The van der Waals surface area contributed by atoms with Crippen LogP contribution < -0.4 is 23.8 Å². The number of amides is 2. The highest BCUT2D eigenvalue weighted by Crippen LogP contribution is 2.37. The average Bonchev–Trinajstić information content (AvgIpc) is 3.55. The molecule has 0 saturated heterocycles. The van der Waals surface area contributed by atoms with Gasteiger partial charge in [0.05, 0.1) is 31.9 Å². The van der Waals surface area contributed by atoms with E-state index >= 15 is 0 Å². The third-order valence-electron chi connectivity index (χ3n) is 7.70. The van der Waals surface area contributed by atoms with E-state index in [1.165, 1.54) is 56.6 Å². The number of rotatable bonds is 13. The molecule has 1 aliphatic carbocycles. The first-order valence-electron chi connectivity index (χ1n) is 14.3. The van der Waals surface area contributed by atoms with Gasteiger partial charge in [0.15, 0.2) is 11.5 Å². The zero-order valence-electron chi connectivity index (χ0n) is 25.3. The third-order valence-corrected chi connectivity index (χ3v) is 9.69. The van der Waals surface area contributed by atoms with E-state index in [9.17, 15) is 18.0 Å². The highest BCUT2D eigenvalue weighted by molar-refractivity contribution is 7.92. The van der Waals surface area contributed by atoms with Gasteiger partial charge < -0.3 is 24.4 Å². The Morgan fingerprint density at radius 1 is 0.909 bits per heavy atom. The number of ether oxygens (including phenoxy) is 3. The van der Waals surface area contributed by atoms with Crippen LogP contribution in [0.2, 0.25) is 5.02 Å². The van der Waals surface area contributed by atoms with Gasteiger partial charge in [-0.3, -0.25) is 13.9 Å². The number of anilines is 1. The van der Waals surface area contributed by atoms with Crippen molar-refractivity contribution in [3.8, 4) is 17.2 Å². The lowest BCUT2D eigenvalue weighted by Gasteiger charge is -2.33. The molecule has 44 heavy (non-hydrogen) atoms. The molecular formula is C32H38ClN3O7S. The van der Waals surface area contributed by atoms with Crippen LogP contribution in [-0.4, -0.2) is 65.1 Å². The highest BCUT2D eigenvalue weighted by atomic mass is 35.5. The van der Waals surface area contributed by atoms with Crippen LogP contribution in [0.4, 0.5) is 5.69 Å². The number of carbonyl (C=O) groups excluding carboxylic acids is 2. The lowest BCUT2D eigenvalue weighted by Crippen LogP contribution is -2.52. The molecule has 3 aromatic rings. The fraction of sp³-hybridized carbons (Fsp3) is 0.375. The van der Waals surface area contributed by atoms with Crippen LogP contribution in [0.1, 0.15) is 38.2 Å². The molecule has 1 saturated carbocycles.